The molecule has 2 unspecified atom stereocenters. The van der Waals surface area contributed by atoms with Gasteiger partial charge in [0.05, 0.1) is 24.3 Å². The van der Waals surface area contributed by atoms with Crippen LogP contribution in [0.15, 0.2) is 24.4 Å². The summed E-state index contributed by atoms with van der Waals surface area (Å²) in [7, 11) is 0. The maximum Gasteiger partial charge on any atom is 0.416 e. The zero-order valence-electron chi connectivity index (χ0n) is 14.7. The van der Waals surface area contributed by atoms with Crippen molar-refractivity contribution in [1.29, 1.82) is 0 Å². The summed E-state index contributed by atoms with van der Waals surface area (Å²) in [5, 5.41) is 2.69. The van der Waals surface area contributed by atoms with Gasteiger partial charge in [0, 0.05) is 5.56 Å². The average molecular weight is 402 g/mol. The lowest BCUT2D eigenvalue weighted by atomic mass is 10.0. The highest BCUT2D eigenvalue weighted by Gasteiger charge is 2.33. The van der Waals surface area contributed by atoms with E-state index in [2.05, 4.69) is 15.3 Å². The van der Waals surface area contributed by atoms with Crippen molar-refractivity contribution < 1.29 is 31.5 Å². The summed E-state index contributed by atoms with van der Waals surface area (Å²) >= 11 is 0. The van der Waals surface area contributed by atoms with Gasteiger partial charge in [0.15, 0.2) is 11.6 Å². The number of hydrogen-bond acceptors (Lipinski definition) is 5. The Kier molecular flexibility index (Phi) is 5.09. The standard InChI is InChI=1S/C17H15F5N4O2/c1-8-7-26(16(27)28-8)14-13(19)6-23-15(25-14)24-9(2)11-4-3-10(5-12(11)18)17(20,21)22/h3-6,8-9H,7H2,1-2H3,(H,23,24,25). The Bertz CT molecular complexity index is 906. The molecule has 2 heterocycles. The molecule has 1 aromatic carbocycles. The molecular weight excluding hydrogens is 387 g/mol. The van der Waals surface area contributed by atoms with Gasteiger partial charge in [0.1, 0.15) is 11.9 Å². The van der Waals surface area contributed by atoms with Crippen LogP contribution < -0.4 is 10.2 Å². The Morgan fingerprint density at radius 1 is 1.29 bits per heavy atom. The summed E-state index contributed by atoms with van der Waals surface area (Å²) in [6.45, 7) is 3.20. The van der Waals surface area contributed by atoms with E-state index in [-0.39, 0.29) is 23.9 Å². The van der Waals surface area contributed by atoms with Gasteiger partial charge in [-0.05, 0) is 26.0 Å². The van der Waals surface area contributed by atoms with Crippen LogP contribution >= 0.6 is 0 Å². The minimum Gasteiger partial charge on any atom is -0.444 e. The van der Waals surface area contributed by atoms with E-state index in [0.29, 0.717) is 6.07 Å². The van der Waals surface area contributed by atoms with Crippen LogP contribution in [-0.2, 0) is 10.9 Å². The van der Waals surface area contributed by atoms with E-state index >= 15 is 0 Å². The summed E-state index contributed by atoms with van der Waals surface area (Å²) < 4.78 is 71.0. The molecule has 11 heteroatoms. The molecule has 1 aliphatic rings. The highest BCUT2D eigenvalue weighted by molar-refractivity contribution is 5.88. The lowest BCUT2D eigenvalue weighted by molar-refractivity contribution is -0.137. The number of hydrogen-bond donors (Lipinski definition) is 1. The zero-order chi connectivity index (χ0) is 20.6. The predicted molar refractivity (Wildman–Crippen MR) is 88.7 cm³/mol. The molecule has 0 aliphatic carbocycles. The molecule has 2 atom stereocenters. The number of aromatic nitrogens is 2. The number of carbonyl (C=O) groups is 1. The van der Waals surface area contributed by atoms with Gasteiger partial charge in [-0.15, -0.1) is 0 Å². The van der Waals surface area contributed by atoms with E-state index in [1.165, 1.54) is 6.92 Å². The second kappa shape index (κ2) is 7.21. The van der Waals surface area contributed by atoms with Crippen molar-refractivity contribution >= 4 is 17.9 Å². The Labute approximate surface area is 156 Å². The highest BCUT2D eigenvalue weighted by Crippen LogP contribution is 2.32. The molecule has 0 saturated carbocycles. The maximum atomic E-state index is 14.1. The first kappa shape index (κ1) is 19.8. The summed E-state index contributed by atoms with van der Waals surface area (Å²) in [5.41, 5.74) is -1.17. The summed E-state index contributed by atoms with van der Waals surface area (Å²) in [6, 6.07) is 1.33. The third-order valence-electron chi connectivity index (χ3n) is 4.08. The SMILES string of the molecule is CC1CN(c2nc(NC(C)c3ccc(C(F)(F)F)cc3F)ncc2F)C(=O)O1. The van der Waals surface area contributed by atoms with E-state index in [1.54, 1.807) is 6.92 Å². The number of carbonyl (C=O) groups excluding carboxylic acids is 1. The topological polar surface area (TPSA) is 67.4 Å². The predicted octanol–water partition coefficient (Wildman–Crippen LogP) is 4.29. The third kappa shape index (κ3) is 3.97. The number of amides is 1. The third-order valence-corrected chi connectivity index (χ3v) is 4.08. The van der Waals surface area contributed by atoms with Gasteiger partial charge in [-0.2, -0.15) is 18.2 Å². The molecule has 0 bridgehead atoms. The molecule has 0 spiro atoms. The first-order valence-electron chi connectivity index (χ1n) is 8.20. The van der Waals surface area contributed by atoms with Gasteiger partial charge in [0.25, 0.3) is 0 Å². The first-order chi connectivity index (χ1) is 13.1. The number of anilines is 2. The fraction of sp³-hybridized carbons (Fsp3) is 0.353. The van der Waals surface area contributed by atoms with E-state index < -0.39 is 41.6 Å². The molecule has 1 N–H and O–H groups in total. The van der Waals surface area contributed by atoms with Crippen molar-refractivity contribution in [1.82, 2.24) is 9.97 Å². The molecule has 1 amide bonds. The molecule has 2 aromatic rings. The van der Waals surface area contributed by atoms with E-state index in [0.717, 1.165) is 23.2 Å². The van der Waals surface area contributed by atoms with Crippen LogP contribution in [0.3, 0.4) is 0 Å². The number of halogens is 5. The van der Waals surface area contributed by atoms with Crippen LogP contribution in [0, 0.1) is 11.6 Å². The number of ether oxygens (including phenoxy) is 1. The van der Waals surface area contributed by atoms with Crippen LogP contribution in [0.4, 0.5) is 38.5 Å². The van der Waals surface area contributed by atoms with Gasteiger partial charge < -0.3 is 10.1 Å². The summed E-state index contributed by atoms with van der Waals surface area (Å²) in [5.74, 6) is -2.36. The Morgan fingerprint density at radius 2 is 2.00 bits per heavy atom. The minimum absolute atomic E-state index is 0.0586. The summed E-state index contributed by atoms with van der Waals surface area (Å²) in [6.07, 6.45) is -5.04. The lowest BCUT2D eigenvalue weighted by Gasteiger charge is -2.18. The van der Waals surface area contributed by atoms with Gasteiger partial charge in [-0.1, -0.05) is 6.07 Å². The number of nitrogens with one attached hydrogen (secondary N) is 1. The molecule has 6 nitrogen and oxygen atoms in total. The number of benzene rings is 1. The smallest absolute Gasteiger partial charge is 0.416 e. The first-order valence-corrected chi connectivity index (χ1v) is 8.20. The molecule has 1 fully saturated rings. The highest BCUT2D eigenvalue weighted by atomic mass is 19.4. The molecule has 0 radical (unpaired) electrons. The molecular formula is C17H15F5N4O2. The monoisotopic (exact) mass is 402 g/mol. The van der Waals surface area contributed by atoms with E-state index in [9.17, 15) is 26.7 Å². The Morgan fingerprint density at radius 3 is 2.57 bits per heavy atom. The van der Waals surface area contributed by atoms with E-state index in [4.69, 9.17) is 4.74 Å². The average Bonchev–Trinajstić information content (AvgIpc) is 2.93. The van der Waals surface area contributed by atoms with Crippen molar-refractivity contribution in [2.45, 2.75) is 32.2 Å². The second-order valence-corrected chi connectivity index (χ2v) is 6.27. The van der Waals surface area contributed by atoms with Gasteiger partial charge in [0.2, 0.25) is 5.95 Å². The number of alkyl halides is 3. The van der Waals surface area contributed by atoms with Gasteiger partial charge >= 0.3 is 12.3 Å². The van der Waals surface area contributed by atoms with Crippen molar-refractivity contribution in [3.63, 3.8) is 0 Å². The second-order valence-electron chi connectivity index (χ2n) is 6.27. The molecule has 1 aromatic heterocycles. The number of nitrogens with zero attached hydrogens (tertiary/aromatic N) is 3. The maximum absolute atomic E-state index is 14.1. The lowest BCUT2D eigenvalue weighted by Crippen LogP contribution is -2.27. The van der Waals surface area contributed by atoms with Crippen molar-refractivity contribution in [3.8, 4) is 0 Å². The number of cyclic esters (lactones) is 1. The zero-order valence-corrected chi connectivity index (χ0v) is 14.7. The fourth-order valence-corrected chi connectivity index (χ4v) is 2.72. The molecule has 150 valence electrons. The molecule has 1 saturated heterocycles. The molecule has 1 aliphatic heterocycles. The fourth-order valence-electron chi connectivity index (χ4n) is 2.72. The van der Waals surface area contributed by atoms with Crippen LogP contribution in [0.1, 0.15) is 31.0 Å². The quantitative estimate of drug-likeness (QED) is 0.773. The van der Waals surface area contributed by atoms with Crippen molar-refractivity contribution in [2.75, 3.05) is 16.8 Å². The van der Waals surface area contributed by atoms with Crippen molar-refractivity contribution in [2.24, 2.45) is 0 Å². The Hall–Kier alpha value is -2.98. The van der Waals surface area contributed by atoms with E-state index in [1.807, 2.05) is 0 Å². The van der Waals surface area contributed by atoms with Gasteiger partial charge in [-0.3, -0.25) is 4.90 Å². The van der Waals surface area contributed by atoms with Gasteiger partial charge in [-0.25, -0.2) is 18.6 Å². The van der Waals surface area contributed by atoms with Crippen LogP contribution in [-0.4, -0.2) is 28.7 Å². The van der Waals surface area contributed by atoms with Crippen molar-refractivity contribution in [3.05, 3.63) is 47.2 Å². The molecule has 3 rings (SSSR count). The van der Waals surface area contributed by atoms with Crippen LogP contribution in [0.2, 0.25) is 0 Å². The molecule has 28 heavy (non-hydrogen) atoms. The van der Waals surface area contributed by atoms with Crippen LogP contribution in [0.5, 0.6) is 0 Å². The Balaban J connectivity index is 1.82. The van der Waals surface area contributed by atoms with Crippen LogP contribution in [0.25, 0.3) is 0 Å². The summed E-state index contributed by atoms with van der Waals surface area (Å²) in [4.78, 5) is 20.4. The minimum atomic E-state index is -4.66. The normalized spacial score (nSPS) is 18.2. The largest absolute Gasteiger partial charge is 0.444 e. The number of rotatable bonds is 4.